The van der Waals surface area contributed by atoms with Gasteiger partial charge in [0.2, 0.25) is 0 Å². The van der Waals surface area contributed by atoms with Crippen molar-refractivity contribution in [3.8, 4) is 0 Å². The molecule has 0 radical (unpaired) electrons. The molecule has 0 saturated heterocycles. The number of nitrogens with zero attached hydrogens (tertiary/aromatic N) is 1. The van der Waals surface area contributed by atoms with Gasteiger partial charge in [0, 0.05) is 19.6 Å². The molecule has 0 unspecified atom stereocenters. The summed E-state index contributed by atoms with van der Waals surface area (Å²) in [6, 6.07) is 0. The smallest absolute Gasteiger partial charge is 0.0596 e. The van der Waals surface area contributed by atoms with Gasteiger partial charge in [-0.1, -0.05) is 19.8 Å². The average molecular weight is 270 g/mol. The van der Waals surface area contributed by atoms with E-state index >= 15 is 0 Å². The zero-order chi connectivity index (χ0) is 14.1. The van der Waals surface area contributed by atoms with Gasteiger partial charge in [-0.25, -0.2) is 0 Å². The molecule has 0 aromatic carbocycles. The Morgan fingerprint density at radius 2 is 1.95 bits per heavy atom. The van der Waals surface area contributed by atoms with Crippen LogP contribution in [0.4, 0.5) is 0 Å². The van der Waals surface area contributed by atoms with Crippen molar-refractivity contribution in [2.75, 3.05) is 39.8 Å². The lowest BCUT2D eigenvalue weighted by molar-refractivity contribution is 0.0544. The Balaban J connectivity index is 2.31. The van der Waals surface area contributed by atoms with Crippen molar-refractivity contribution in [1.82, 2.24) is 10.2 Å². The van der Waals surface area contributed by atoms with Crippen molar-refractivity contribution in [2.24, 2.45) is 5.41 Å². The van der Waals surface area contributed by atoms with E-state index in [9.17, 15) is 0 Å². The third-order valence-electron chi connectivity index (χ3n) is 4.12. The lowest BCUT2D eigenvalue weighted by Crippen LogP contribution is -2.42. The van der Waals surface area contributed by atoms with E-state index < -0.39 is 0 Å². The van der Waals surface area contributed by atoms with Crippen LogP contribution in [0.25, 0.3) is 0 Å². The maximum atomic E-state index is 5.65. The second kappa shape index (κ2) is 8.93. The second-order valence-corrected chi connectivity index (χ2v) is 6.54. The Hall–Kier alpha value is -0.120. The maximum absolute atomic E-state index is 5.65. The van der Waals surface area contributed by atoms with Crippen molar-refractivity contribution in [1.29, 1.82) is 0 Å². The molecule has 0 spiro atoms. The molecule has 19 heavy (non-hydrogen) atoms. The summed E-state index contributed by atoms with van der Waals surface area (Å²) in [7, 11) is 2.24. The first-order valence-corrected chi connectivity index (χ1v) is 8.09. The van der Waals surface area contributed by atoms with Crippen molar-refractivity contribution >= 4 is 0 Å². The SMILES string of the molecule is CCCNCC1(CN(C)CCOC(C)C)CCCC1. The van der Waals surface area contributed by atoms with E-state index in [4.69, 9.17) is 4.74 Å². The summed E-state index contributed by atoms with van der Waals surface area (Å²) in [5.41, 5.74) is 0.516. The lowest BCUT2D eigenvalue weighted by atomic mass is 9.85. The van der Waals surface area contributed by atoms with E-state index in [0.29, 0.717) is 11.5 Å². The van der Waals surface area contributed by atoms with Gasteiger partial charge in [-0.2, -0.15) is 0 Å². The minimum absolute atomic E-state index is 0.347. The van der Waals surface area contributed by atoms with Crippen molar-refractivity contribution in [3.05, 3.63) is 0 Å². The highest BCUT2D eigenvalue weighted by atomic mass is 16.5. The zero-order valence-corrected chi connectivity index (χ0v) is 13.5. The van der Waals surface area contributed by atoms with Gasteiger partial charge in [0.25, 0.3) is 0 Å². The number of ether oxygens (including phenoxy) is 1. The van der Waals surface area contributed by atoms with Crippen LogP contribution in [0.15, 0.2) is 0 Å². The first-order chi connectivity index (χ1) is 9.08. The van der Waals surface area contributed by atoms with Crippen LogP contribution < -0.4 is 5.32 Å². The predicted molar refractivity (Wildman–Crippen MR) is 82.6 cm³/mol. The first kappa shape index (κ1) is 16.9. The molecule has 3 nitrogen and oxygen atoms in total. The van der Waals surface area contributed by atoms with E-state index in [1.807, 2.05) is 0 Å². The quantitative estimate of drug-likeness (QED) is 0.618. The molecule has 0 bridgehead atoms. The molecule has 1 aliphatic carbocycles. The van der Waals surface area contributed by atoms with E-state index in [0.717, 1.165) is 19.7 Å². The fraction of sp³-hybridized carbons (Fsp3) is 1.00. The van der Waals surface area contributed by atoms with Crippen LogP contribution in [0.2, 0.25) is 0 Å². The summed E-state index contributed by atoms with van der Waals surface area (Å²) in [6.07, 6.45) is 7.17. The van der Waals surface area contributed by atoms with Gasteiger partial charge < -0.3 is 15.0 Å². The Bertz CT molecular complexity index is 225. The van der Waals surface area contributed by atoms with E-state index in [-0.39, 0.29) is 0 Å². The number of likely N-dealkylation sites (N-methyl/N-ethyl adjacent to an activating group) is 1. The van der Waals surface area contributed by atoms with Gasteiger partial charge >= 0.3 is 0 Å². The minimum Gasteiger partial charge on any atom is -0.377 e. The summed E-state index contributed by atoms with van der Waals surface area (Å²) < 4.78 is 5.65. The molecule has 1 saturated carbocycles. The van der Waals surface area contributed by atoms with Crippen molar-refractivity contribution in [3.63, 3.8) is 0 Å². The molecule has 1 rings (SSSR count). The molecule has 3 heteroatoms. The molecule has 1 N–H and O–H groups in total. The fourth-order valence-corrected chi connectivity index (χ4v) is 3.14. The van der Waals surface area contributed by atoms with Crippen LogP contribution >= 0.6 is 0 Å². The lowest BCUT2D eigenvalue weighted by Gasteiger charge is -2.34. The predicted octanol–water partition coefficient (Wildman–Crippen LogP) is 2.90. The highest BCUT2D eigenvalue weighted by molar-refractivity contribution is 4.88. The van der Waals surface area contributed by atoms with Crippen LogP contribution in [0, 0.1) is 5.41 Å². The molecule has 0 aliphatic heterocycles. The summed E-state index contributed by atoms with van der Waals surface area (Å²) >= 11 is 0. The van der Waals surface area contributed by atoms with Gasteiger partial charge in [0.1, 0.15) is 0 Å². The number of rotatable bonds is 10. The molecule has 0 heterocycles. The first-order valence-electron chi connectivity index (χ1n) is 8.09. The van der Waals surface area contributed by atoms with Crippen LogP contribution in [0.1, 0.15) is 52.9 Å². The van der Waals surface area contributed by atoms with Gasteiger partial charge in [-0.3, -0.25) is 0 Å². The second-order valence-electron chi connectivity index (χ2n) is 6.54. The summed E-state index contributed by atoms with van der Waals surface area (Å²) in [6.45, 7) is 11.9. The normalized spacial score (nSPS) is 18.6. The Morgan fingerprint density at radius 1 is 1.26 bits per heavy atom. The zero-order valence-electron chi connectivity index (χ0n) is 13.5. The Kier molecular flexibility index (Phi) is 7.96. The Morgan fingerprint density at radius 3 is 2.53 bits per heavy atom. The number of nitrogens with one attached hydrogen (secondary N) is 1. The van der Waals surface area contributed by atoms with Gasteiger partial charge in [0.05, 0.1) is 12.7 Å². The third kappa shape index (κ3) is 6.73. The van der Waals surface area contributed by atoms with Crippen molar-refractivity contribution in [2.45, 2.75) is 59.0 Å². The maximum Gasteiger partial charge on any atom is 0.0596 e. The topological polar surface area (TPSA) is 24.5 Å². The van der Waals surface area contributed by atoms with Crippen molar-refractivity contribution < 1.29 is 4.74 Å². The van der Waals surface area contributed by atoms with Crippen LogP contribution in [-0.2, 0) is 4.74 Å². The monoisotopic (exact) mass is 270 g/mol. The summed E-state index contributed by atoms with van der Waals surface area (Å²) in [5, 5.41) is 3.64. The number of hydrogen-bond acceptors (Lipinski definition) is 3. The molecule has 0 aromatic heterocycles. The highest BCUT2D eigenvalue weighted by Gasteiger charge is 2.34. The largest absolute Gasteiger partial charge is 0.377 e. The molecule has 114 valence electrons. The summed E-state index contributed by atoms with van der Waals surface area (Å²) in [5.74, 6) is 0. The molecule has 0 amide bonds. The van der Waals surface area contributed by atoms with E-state index in [2.05, 4.69) is 38.0 Å². The molecular formula is C16H34N2O. The molecule has 1 fully saturated rings. The standard InChI is InChI=1S/C16H34N2O/c1-5-10-17-13-16(8-6-7-9-16)14-18(4)11-12-19-15(2)3/h15,17H,5-14H2,1-4H3. The molecule has 1 aliphatic rings. The van der Waals surface area contributed by atoms with Gasteiger partial charge in [-0.15, -0.1) is 0 Å². The van der Waals surface area contributed by atoms with Gasteiger partial charge in [0.15, 0.2) is 0 Å². The van der Waals surface area contributed by atoms with Crippen LogP contribution in [-0.4, -0.2) is 50.8 Å². The molecule has 0 atom stereocenters. The van der Waals surface area contributed by atoms with Crippen LogP contribution in [0.3, 0.4) is 0 Å². The molecular weight excluding hydrogens is 236 g/mol. The summed E-state index contributed by atoms with van der Waals surface area (Å²) in [4.78, 5) is 2.46. The Labute approximate surface area is 120 Å². The number of hydrogen-bond donors (Lipinski definition) is 1. The molecule has 0 aromatic rings. The highest BCUT2D eigenvalue weighted by Crippen LogP contribution is 2.38. The van der Waals surface area contributed by atoms with Gasteiger partial charge in [-0.05, 0) is 52.1 Å². The van der Waals surface area contributed by atoms with E-state index in [1.165, 1.54) is 45.2 Å². The van der Waals surface area contributed by atoms with Crippen LogP contribution in [0.5, 0.6) is 0 Å². The fourth-order valence-electron chi connectivity index (χ4n) is 3.14. The average Bonchev–Trinajstić information content (AvgIpc) is 2.77. The third-order valence-corrected chi connectivity index (χ3v) is 4.12. The van der Waals surface area contributed by atoms with E-state index in [1.54, 1.807) is 0 Å². The minimum atomic E-state index is 0.347.